The van der Waals surface area contributed by atoms with Crippen molar-refractivity contribution in [2.75, 3.05) is 19.6 Å². The van der Waals surface area contributed by atoms with E-state index in [9.17, 15) is 14.0 Å². The van der Waals surface area contributed by atoms with Crippen LogP contribution in [0.4, 0.5) is 4.39 Å². The van der Waals surface area contributed by atoms with Gasteiger partial charge in [-0.3, -0.25) is 19.5 Å². The summed E-state index contributed by atoms with van der Waals surface area (Å²) < 4.78 is 13.7. The van der Waals surface area contributed by atoms with Crippen molar-refractivity contribution < 1.29 is 19.1 Å². The highest BCUT2D eigenvalue weighted by Crippen LogP contribution is 2.27. The van der Waals surface area contributed by atoms with E-state index in [1.54, 1.807) is 6.20 Å². The molecule has 0 amide bonds. The summed E-state index contributed by atoms with van der Waals surface area (Å²) in [5.74, 6) is -0.333. The van der Waals surface area contributed by atoms with Gasteiger partial charge in [-0.25, -0.2) is 9.37 Å². The first-order valence-electron chi connectivity index (χ1n) is 7.57. The standard InChI is InChI=1S/C15H17FN4O3S/c16-10-6-20(12(10)1-2-13(22)23)7-11-9(8-21)5-18-14(19-11)15-17-3-4-24-15/h3-4,8,10,12H,1-2,5-7H2,(H,18,19)(H,22,23). The number of carboxylic acid groups (broad SMARTS) is 1. The average molecular weight is 352 g/mol. The van der Waals surface area contributed by atoms with Gasteiger partial charge in [-0.1, -0.05) is 0 Å². The molecule has 7 nitrogen and oxygen atoms in total. The Bertz CT molecular complexity index is 689. The molecule has 128 valence electrons. The predicted molar refractivity (Wildman–Crippen MR) is 86.9 cm³/mol. The first kappa shape index (κ1) is 16.7. The number of hydrogen-bond donors (Lipinski definition) is 2. The molecule has 0 spiro atoms. The Hall–Kier alpha value is -2.13. The van der Waals surface area contributed by atoms with Crippen LogP contribution in [0.3, 0.4) is 0 Å². The molecule has 1 fully saturated rings. The van der Waals surface area contributed by atoms with Crippen molar-refractivity contribution in [3.8, 4) is 0 Å². The summed E-state index contributed by atoms with van der Waals surface area (Å²) in [4.78, 5) is 32.3. The van der Waals surface area contributed by atoms with E-state index in [-0.39, 0.29) is 25.9 Å². The predicted octanol–water partition coefficient (Wildman–Crippen LogP) is 0.833. The molecule has 2 unspecified atom stereocenters. The van der Waals surface area contributed by atoms with Crippen LogP contribution in [0.2, 0.25) is 0 Å². The fourth-order valence-corrected chi connectivity index (χ4v) is 3.42. The molecular formula is C15H17FN4O3S. The van der Waals surface area contributed by atoms with Crippen molar-refractivity contribution in [3.63, 3.8) is 0 Å². The van der Waals surface area contributed by atoms with Crippen molar-refractivity contribution in [1.29, 1.82) is 0 Å². The van der Waals surface area contributed by atoms with Gasteiger partial charge < -0.3 is 10.4 Å². The van der Waals surface area contributed by atoms with Gasteiger partial charge in [0.1, 0.15) is 12.5 Å². The van der Waals surface area contributed by atoms with Crippen LogP contribution in [0.15, 0.2) is 27.8 Å². The topological polar surface area (TPSA) is 94.9 Å². The zero-order valence-electron chi connectivity index (χ0n) is 12.8. The SMILES string of the molecule is O=CC1=C(CN2CC(F)C2CCC(=O)O)NC(c2nccs2)=NC1. The van der Waals surface area contributed by atoms with Crippen LogP contribution in [0, 0.1) is 0 Å². The molecule has 3 rings (SSSR count). The quantitative estimate of drug-likeness (QED) is 0.706. The summed E-state index contributed by atoms with van der Waals surface area (Å²) in [6.07, 6.45) is 1.59. The monoisotopic (exact) mass is 352 g/mol. The molecule has 9 heteroatoms. The van der Waals surface area contributed by atoms with Gasteiger partial charge in [0, 0.05) is 48.4 Å². The van der Waals surface area contributed by atoms with Crippen LogP contribution in [-0.4, -0.2) is 64.9 Å². The second-order valence-corrected chi connectivity index (χ2v) is 6.59. The van der Waals surface area contributed by atoms with E-state index in [1.165, 1.54) is 11.3 Å². The van der Waals surface area contributed by atoms with E-state index >= 15 is 0 Å². The van der Waals surface area contributed by atoms with Crippen LogP contribution in [0.1, 0.15) is 17.8 Å². The van der Waals surface area contributed by atoms with Crippen molar-refractivity contribution in [2.24, 2.45) is 4.99 Å². The number of rotatable bonds is 7. The lowest BCUT2D eigenvalue weighted by molar-refractivity contribution is -0.138. The number of carboxylic acids is 1. The number of carbonyl (C=O) groups is 2. The number of alkyl halides is 1. The number of aliphatic carboxylic acids is 1. The number of nitrogens with zero attached hydrogens (tertiary/aromatic N) is 3. The number of aliphatic imine (C=N–C) groups is 1. The lowest BCUT2D eigenvalue weighted by Gasteiger charge is -2.44. The fraction of sp³-hybridized carbons (Fsp3) is 0.467. The zero-order valence-corrected chi connectivity index (χ0v) is 13.6. The second kappa shape index (κ2) is 7.18. The third-order valence-corrected chi connectivity index (χ3v) is 4.93. The van der Waals surface area contributed by atoms with Crippen molar-refractivity contribution in [2.45, 2.75) is 25.1 Å². The maximum Gasteiger partial charge on any atom is 0.303 e. The number of aldehydes is 1. The molecule has 0 aromatic carbocycles. The van der Waals surface area contributed by atoms with E-state index in [1.807, 2.05) is 10.3 Å². The van der Waals surface area contributed by atoms with Crippen LogP contribution < -0.4 is 5.32 Å². The molecule has 24 heavy (non-hydrogen) atoms. The van der Waals surface area contributed by atoms with E-state index < -0.39 is 18.2 Å². The molecule has 2 aliphatic heterocycles. The molecule has 0 bridgehead atoms. The number of thiazole rings is 1. The van der Waals surface area contributed by atoms with Gasteiger partial charge in [-0.2, -0.15) is 0 Å². The van der Waals surface area contributed by atoms with Gasteiger partial charge in [-0.05, 0) is 6.42 Å². The summed E-state index contributed by atoms with van der Waals surface area (Å²) in [6.45, 7) is 0.863. The summed E-state index contributed by atoms with van der Waals surface area (Å²) in [6, 6.07) is -0.425. The smallest absolute Gasteiger partial charge is 0.303 e. The normalized spacial score (nSPS) is 24.1. The lowest BCUT2D eigenvalue weighted by Crippen LogP contribution is -2.59. The molecule has 1 aromatic rings. The van der Waals surface area contributed by atoms with Gasteiger partial charge in [0.15, 0.2) is 10.8 Å². The molecule has 0 saturated carbocycles. The number of amidine groups is 1. The van der Waals surface area contributed by atoms with Crippen LogP contribution in [0.5, 0.6) is 0 Å². The first-order chi connectivity index (χ1) is 11.6. The zero-order chi connectivity index (χ0) is 17.1. The van der Waals surface area contributed by atoms with Crippen molar-refractivity contribution in [1.82, 2.24) is 15.2 Å². The Labute approximate surface area is 141 Å². The third kappa shape index (κ3) is 3.51. The van der Waals surface area contributed by atoms with E-state index in [2.05, 4.69) is 15.3 Å². The molecular weight excluding hydrogens is 335 g/mol. The minimum absolute atomic E-state index is 0.0690. The largest absolute Gasteiger partial charge is 0.481 e. The number of nitrogens with one attached hydrogen (secondary N) is 1. The average Bonchev–Trinajstić information content (AvgIpc) is 3.08. The minimum atomic E-state index is -1.03. The van der Waals surface area contributed by atoms with E-state index in [0.29, 0.717) is 23.7 Å². The number of aromatic nitrogens is 1. The van der Waals surface area contributed by atoms with E-state index in [4.69, 9.17) is 5.11 Å². The van der Waals surface area contributed by atoms with Gasteiger partial charge in [0.25, 0.3) is 0 Å². The molecule has 2 N–H and O–H groups in total. The van der Waals surface area contributed by atoms with E-state index in [0.717, 1.165) is 11.3 Å². The lowest BCUT2D eigenvalue weighted by atomic mass is 9.95. The van der Waals surface area contributed by atoms with Crippen LogP contribution in [0.25, 0.3) is 0 Å². The Kier molecular flexibility index (Phi) is 5.00. The Morgan fingerprint density at radius 2 is 2.42 bits per heavy atom. The highest BCUT2D eigenvalue weighted by Gasteiger charge is 2.39. The molecule has 0 radical (unpaired) electrons. The fourth-order valence-electron chi connectivity index (χ4n) is 2.82. The Balaban J connectivity index is 1.67. The van der Waals surface area contributed by atoms with Gasteiger partial charge in [0.2, 0.25) is 0 Å². The molecule has 1 aromatic heterocycles. The summed E-state index contributed by atoms with van der Waals surface area (Å²) in [5.41, 5.74) is 1.20. The maximum absolute atomic E-state index is 13.7. The van der Waals surface area contributed by atoms with Gasteiger partial charge in [0.05, 0.1) is 6.54 Å². The maximum atomic E-state index is 13.7. The Morgan fingerprint density at radius 1 is 1.58 bits per heavy atom. The number of halogens is 1. The highest BCUT2D eigenvalue weighted by molar-refractivity contribution is 7.11. The molecule has 2 atom stereocenters. The molecule has 3 heterocycles. The summed E-state index contributed by atoms with van der Waals surface area (Å²) in [7, 11) is 0. The Morgan fingerprint density at radius 3 is 3.04 bits per heavy atom. The highest BCUT2D eigenvalue weighted by atomic mass is 32.1. The molecule has 1 saturated heterocycles. The van der Waals surface area contributed by atoms with Crippen LogP contribution in [-0.2, 0) is 9.59 Å². The first-order valence-corrected chi connectivity index (χ1v) is 8.45. The second-order valence-electron chi connectivity index (χ2n) is 5.69. The van der Waals surface area contributed by atoms with Crippen molar-refractivity contribution in [3.05, 3.63) is 27.9 Å². The van der Waals surface area contributed by atoms with Gasteiger partial charge >= 0.3 is 5.97 Å². The minimum Gasteiger partial charge on any atom is -0.481 e. The number of likely N-dealkylation sites (tertiary alicyclic amines) is 1. The van der Waals surface area contributed by atoms with Crippen LogP contribution >= 0.6 is 11.3 Å². The molecule has 2 aliphatic rings. The molecule has 0 aliphatic carbocycles. The van der Waals surface area contributed by atoms with Gasteiger partial charge in [-0.15, -0.1) is 11.3 Å². The van der Waals surface area contributed by atoms with Crippen molar-refractivity contribution >= 4 is 29.4 Å². The summed E-state index contributed by atoms with van der Waals surface area (Å²) in [5, 5.41) is 14.5. The number of hydrogen-bond acceptors (Lipinski definition) is 7. The third-order valence-electron chi connectivity index (χ3n) is 4.15. The summed E-state index contributed by atoms with van der Waals surface area (Å²) >= 11 is 1.44. The number of carbonyl (C=O) groups excluding carboxylic acids is 1.